The Morgan fingerprint density at radius 3 is 1.84 bits per heavy atom. The van der Waals surface area contributed by atoms with Crippen LogP contribution in [0.15, 0.2) is 60.7 Å². The van der Waals surface area contributed by atoms with Crippen LogP contribution in [-0.2, 0) is 22.6 Å². The molecule has 0 bridgehead atoms. The molecule has 0 aliphatic heterocycles. The Balaban J connectivity index is 2.30. The van der Waals surface area contributed by atoms with E-state index in [1.165, 1.54) is 0 Å². The first-order valence-electron chi connectivity index (χ1n) is 8.82. The first-order chi connectivity index (χ1) is 12.2. The number of carbonyl (C=O) groups excluding carboxylic acids is 1. The lowest BCUT2D eigenvalue weighted by Gasteiger charge is -2.33. The average Bonchev–Trinajstić information content (AvgIpc) is 2.63. The average molecular weight is 341 g/mol. The number of aliphatic hydroxyl groups is 1. The van der Waals surface area contributed by atoms with Gasteiger partial charge in [-0.25, -0.2) is 0 Å². The fraction of sp³-hybridized carbons (Fsp3) is 0.381. The Kier molecular flexibility index (Phi) is 7.64. The van der Waals surface area contributed by atoms with Gasteiger partial charge in [0, 0.05) is 13.1 Å². The van der Waals surface area contributed by atoms with Crippen LogP contribution in [0.2, 0.25) is 0 Å². The highest BCUT2D eigenvalue weighted by atomic mass is 16.5. The van der Waals surface area contributed by atoms with Crippen LogP contribution in [0.25, 0.3) is 0 Å². The smallest absolute Gasteiger partial charge is 0.326 e. The van der Waals surface area contributed by atoms with Crippen molar-refractivity contribution >= 4 is 5.97 Å². The monoisotopic (exact) mass is 341 g/mol. The second kappa shape index (κ2) is 9.97. The van der Waals surface area contributed by atoms with Crippen LogP contribution in [-0.4, -0.2) is 34.7 Å². The van der Waals surface area contributed by atoms with Crippen LogP contribution >= 0.6 is 0 Å². The van der Waals surface area contributed by atoms with Crippen molar-refractivity contribution in [3.05, 3.63) is 71.8 Å². The van der Waals surface area contributed by atoms with Crippen LogP contribution in [0, 0.1) is 0 Å². The van der Waals surface area contributed by atoms with Crippen LogP contribution in [0.3, 0.4) is 0 Å². The van der Waals surface area contributed by atoms with Crippen molar-refractivity contribution < 1.29 is 14.6 Å². The van der Waals surface area contributed by atoms with Gasteiger partial charge < -0.3 is 9.84 Å². The third-order valence-corrected chi connectivity index (χ3v) is 4.16. The predicted octanol–water partition coefficient (Wildman–Crippen LogP) is 3.39. The molecule has 0 saturated heterocycles. The second-order valence-electron chi connectivity index (χ2n) is 6.05. The number of rotatable bonds is 9. The van der Waals surface area contributed by atoms with Crippen LogP contribution < -0.4 is 0 Å². The summed E-state index contributed by atoms with van der Waals surface area (Å²) in [5.74, 6) is -0.372. The Hall–Kier alpha value is -2.17. The molecule has 4 nitrogen and oxygen atoms in total. The topological polar surface area (TPSA) is 49.8 Å². The van der Waals surface area contributed by atoms with E-state index in [1.807, 2.05) is 72.5 Å². The van der Waals surface area contributed by atoms with E-state index in [9.17, 15) is 9.90 Å². The van der Waals surface area contributed by atoms with E-state index in [4.69, 9.17) is 4.74 Å². The van der Waals surface area contributed by atoms with Crippen molar-refractivity contribution in [3.63, 3.8) is 0 Å². The highest BCUT2D eigenvalue weighted by Gasteiger charge is 2.33. The Bertz CT molecular complexity index is 589. The third-order valence-electron chi connectivity index (χ3n) is 4.16. The first kappa shape index (κ1) is 19.2. The molecule has 0 amide bonds. The van der Waals surface area contributed by atoms with Gasteiger partial charge in [-0.1, -0.05) is 67.6 Å². The molecule has 0 heterocycles. The standard InChI is InChI=1S/C21H27NO3/c1-3-19(23)20(21(24)25-4-2)22(15-17-11-7-5-8-12-17)16-18-13-9-6-10-14-18/h5-14,19-20,23H,3-4,15-16H2,1-2H3/t19-,20+/m0/s1. The molecule has 0 saturated carbocycles. The normalized spacial score (nSPS) is 13.4. The molecule has 0 aromatic heterocycles. The summed E-state index contributed by atoms with van der Waals surface area (Å²) in [7, 11) is 0. The summed E-state index contributed by atoms with van der Waals surface area (Å²) >= 11 is 0. The van der Waals surface area contributed by atoms with Gasteiger partial charge in [0.15, 0.2) is 0 Å². The molecule has 2 aromatic carbocycles. The minimum Gasteiger partial charge on any atom is -0.465 e. The molecule has 0 spiro atoms. The lowest BCUT2D eigenvalue weighted by atomic mass is 10.0. The maximum Gasteiger partial charge on any atom is 0.326 e. The number of hydrogen-bond acceptors (Lipinski definition) is 4. The molecule has 2 atom stereocenters. The largest absolute Gasteiger partial charge is 0.465 e. The van der Waals surface area contributed by atoms with Crippen LogP contribution in [0.1, 0.15) is 31.4 Å². The SMILES string of the molecule is CCOC(=O)[C@@H]([C@@H](O)CC)N(Cc1ccccc1)Cc1ccccc1. The zero-order valence-corrected chi connectivity index (χ0v) is 15.0. The number of benzene rings is 2. The molecule has 0 aliphatic rings. The summed E-state index contributed by atoms with van der Waals surface area (Å²) < 4.78 is 5.24. The third kappa shape index (κ3) is 5.69. The number of hydrogen-bond donors (Lipinski definition) is 1. The minimum atomic E-state index is -0.772. The summed E-state index contributed by atoms with van der Waals surface area (Å²) in [5, 5.41) is 10.5. The van der Waals surface area contributed by atoms with E-state index >= 15 is 0 Å². The van der Waals surface area contributed by atoms with Gasteiger partial charge in [0.2, 0.25) is 0 Å². The molecule has 1 N–H and O–H groups in total. The molecule has 25 heavy (non-hydrogen) atoms. The molecule has 4 heteroatoms. The quantitative estimate of drug-likeness (QED) is 0.710. The molecule has 0 fully saturated rings. The van der Waals surface area contributed by atoms with E-state index < -0.39 is 12.1 Å². The fourth-order valence-corrected chi connectivity index (χ4v) is 2.89. The van der Waals surface area contributed by atoms with E-state index in [-0.39, 0.29) is 5.97 Å². The highest BCUT2D eigenvalue weighted by Crippen LogP contribution is 2.18. The fourth-order valence-electron chi connectivity index (χ4n) is 2.89. The van der Waals surface area contributed by atoms with Gasteiger partial charge in [-0.15, -0.1) is 0 Å². The zero-order chi connectivity index (χ0) is 18.1. The van der Waals surface area contributed by atoms with Crippen molar-refractivity contribution in [2.75, 3.05) is 6.61 Å². The van der Waals surface area contributed by atoms with Crippen molar-refractivity contribution in [2.24, 2.45) is 0 Å². The summed E-state index contributed by atoms with van der Waals surface area (Å²) in [5.41, 5.74) is 2.19. The highest BCUT2D eigenvalue weighted by molar-refractivity contribution is 5.76. The van der Waals surface area contributed by atoms with Gasteiger partial charge in [0.1, 0.15) is 6.04 Å². The van der Waals surface area contributed by atoms with Crippen LogP contribution in [0.4, 0.5) is 0 Å². The molecular weight excluding hydrogens is 314 g/mol. The molecule has 0 aliphatic carbocycles. The zero-order valence-electron chi connectivity index (χ0n) is 15.0. The van der Waals surface area contributed by atoms with Crippen LogP contribution in [0.5, 0.6) is 0 Å². The van der Waals surface area contributed by atoms with E-state index in [1.54, 1.807) is 6.92 Å². The van der Waals surface area contributed by atoms with Gasteiger partial charge in [0.05, 0.1) is 12.7 Å². The lowest BCUT2D eigenvalue weighted by Crippen LogP contribution is -2.49. The van der Waals surface area contributed by atoms with Crippen molar-refractivity contribution in [1.29, 1.82) is 0 Å². The molecule has 0 radical (unpaired) electrons. The van der Waals surface area contributed by atoms with Crippen molar-refractivity contribution in [3.8, 4) is 0 Å². The Morgan fingerprint density at radius 2 is 1.44 bits per heavy atom. The lowest BCUT2D eigenvalue weighted by molar-refractivity contribution is -0.155. The molecule has 0 unspecified atom stereocenters. The van der Waals surface area contributed by atoms with Gasteiger partial charge in [-0.2, -0.15) is 0 Å². The maximum atomic E-state index is 12.5. The summed E-state index contributed by atoms with van der Waals surface area (Å²) in [6, 6.07) is 19.3. The summed E-state index contributed by atoms with van der Waals surface area (Å²) in [6.45, 7) is 5.09. The number of esters is 1. The number of ether oxygens (including phenoxy) is 1. The van der Waals surface area contributed by atoms with Gasteiger partial charge >= 0.3 is 5.97 Å². The maximum absolute atomic E-state index is 12.5. The second-order valence-corrected chi connectivity index (χ2v) is 6.05. The molecule has 2 rings (SSSR count). The van der Waals surface area contributed by atoms with Gasteiger partial charge in [-0.05, 0) is 24.5 Å². The van der Waals surface area contributed by atoms with Crippen molar-refractivity contribution in [1.82, 2.24) is 4.90 Å². The molecule has 134 valence electrons. The summed E-state index contributed by atoms with van der Waals surface area (Å²) in [6.07, 6.45) is -0.282. The number of aliphatic hydroxyl groups excluding tert-OH is 1. The van der Waals surface area contributed by atoms with E-state index in [0.29, 0.717) is 26.1 Å². The van der Waals surface area contributed by atoms with E-state index in [2.05, 4.69) is 0 Å². The van der Waals surface area contributed by atoms with Crippen molar-refractivity contribution in [2.45, 2.75) is 45.5 Å². The predicted molar refractivity (Wildman–Crippen MR) is 98.8 cm³/mol. The first-order valence-corrected chi connectivity index (χ1v) is 8.82. The molecule has 2 aromatic rings. The minimum absolute atomic E-state index is 0.302. The Labute approximate surface area is 150 Å². The van der Waals surface area contributed by atoms with Gasteiger partial charge in [0.25, 0.3) is 0 Å². The number of carbonyl (C=O) groups is 1. The Morgan fingerprint density at radius 1 is 0.960 bits per heavy atom. The van der Waals surface area contributed by atoms with Gasteiger partial charge in [-0.3, -0.25) is 9.69 Å². The molecular formula is C21H27NO3. The number of nitrogens with zero attached hydrogens (tertiary/aromatic N) is 1. The summed E-state index contributed by atoms with van der Waals surface area (Å²) in [4.78, 5) is 14.5. The van der Waals surface area contributed by atoms with E-state index in [0.717, 1.165) is 11.1 Å².